The molecule has 2 unspecified atom stereocenters. The molecule has 4 rings (SSSR count). The zero-order valence-electron chi connectivity index (χ0n) is 20.1. The Morgan fingerprint density at radius 1 is 1.29 bits per heavy atom. The molecule has 5 nitrogen and oxygen atoms in total. The van der Waals surface area contributed by atoms with Crippen LogP contribution in [0, 0.1) is 28.6 Å². The molecular weight excluding hydrogens is 466 g/mol. The van der Waals surface area contributed by atoms with Gasteiger partial charge < -0.3 is 9.84 Å². The molecule has 0 aromatic carbocycles. The predicted molar refractivity (Wildman–Crippen MR) is 122 cm³/mol. The summed E-state index contributed by atoms with van der Waals surface area (Å²) in [5, 5.41) is 11.6. The number of allylic oxidation sites excluding steroid dienone is 4. The minimum Gasteiger partial charge on any atom is -0.450 e. The van der Waals surface area contributed by atoms with E-state index in [1.54, 1.807) is 26.8 Å². The molecule has 0 aromatic heterocycles. The van der Waals surface area contributed by atoms with Gasteiger partial charge in [0.25, 0.3) is 0 Å². The smallest absolute Gasteiger partial charge is 0.306 e. The van der Waals surface area contributed by atoms with E-state index in [4.69, 9.17) is 16.3 Å². The average molecular weight is 499 g/mol. The minimum absolute atomic E-state index is 0.0145. The first-order valence-electron chi connectivity index (χ1n) is 12.2. The number of aliphatic hydroxyl groups excluding tert-OH is 1. The first-order valence-corrected chi connectivity index (χ1v) is 12.5. The fraction of sp³-hybridized carbons (Fsp3) is 0.731. The van der Waals surface area contributed by atoms with Crippen molar-refractivity contribution in [1.29, 1.82) is 0 Å². The van der Waals surface area contributed by atoms with Crippen LogP contribution in [0.15, 0.2) is 23.6 Å². The van der Waals surface area contributed by atoms with Crippen LogP contribution in [-0.2, 0) is 19.1 Å². The van der Waals surface area contributed by atoms with Crippen LogP contribution in [0.25, 0.3) is 0 Å². The number of alkyl halides is 2. The molecule has 8 heteroatoms. The van der Waals surface area contributed by atoms with Crippen molar-refractivity contribution in [3.8, 4) is 0 Å². The predicted octanol–water partition coefficient (Wildman–Crippen LogP) is 4.79. The number of esters is 1. The molecule has 3 saturated carbocycles. The number of Topliss-reactive ketones (excluding diaryl/α,β-unsaturated/α-hetero) is 1. The zero-order valence-corrected chi connectivity index (χ0v) is 20.9. The molecule has 0 spiro atoms. The van der Waals surface area contributed by atoms with Crippen molar-refractivity contribution in [1.82, 2.24) is 0 Å². The molecule has 188 valence electrons. The third kappa shape index (κ3) is 2.95. The summed E-state index contributed by atoms with van der Waals surface area (Å²) in [4.78, 5) is 36.5. The molecule has 34 heavy (non-hydrogen) atoms. The van der Waals surface area contributed by atoms with Gasteiger partial charge in [0.2, 0.25) is 11.6 Å². The molecule has 1 N–H and O–H groups in total. The summed E-state index contributed by atoms with van der Waals surface area (Å²) in [5.74, 6) is -4.01. The molecule has 0 aliphatic heterocycles. The second kappa shape index (κ2) is 8.22. The molecule has 0 bridgehead atoms. The lowest BCUT2D eigenvalue weighted by molar-refractivity contribution is -0.202. The van der Waals surface area contributed by atoms with Gasteiger partial charge in [0.15, 0.2) is 18.1 Å². The number of halogens is 3. The monoisotopic (exact) mass is 498 g/mol. The van der Waals surface area contributed by atoms with Crippen LogP contribution < -0.4 is 0 Å². The maximum Gasteiger partial charge on any atom is 0.306 e. The van der Waals surface area contributed by atoms with E-state index in [2.05, 4.69) is 0 Å². The van der Waals surface area contributed by atoms with Crippen molar-refractivity contribution in [2.45, 2.75) is 82.8 Å². The normalized spacial score (nSPS) is 45.5. The minimum atomic E-state index is -1.71. The highest BCUT2D eigenvalue weighted by Gasteiger charge is 2.76. The van der Waals surface area contributed by atoms with E-state index in [-0.39, 0.29) is 31.1 Å². The fourth-order valence-corrected chi connectivity index (χ4v) is 8.53. The number of ether oxygens (including phenoxy) is 1. The first kappa shape index (κ1) is 25.5. The maximum absolute atomic E-state index is 14.9. The Bertz CT molecular complexity index is 994. The van der Waals surface area contributed by atoms with Crippen LogP contribution in [0.2, 0.25) is 0 Å². The third-order valence-corrected chi connectivity index (χ3v) is 10.5. The number of hydrogen-bond acceptors (Lipinski definition) is 5. The fourth-order valence-electron chi connectivity index (χ4n) is 8.01. The second-order valence-electron chi connectivity index (χ2n) is 11.0. The number of fused-ring (bicyclic) bond motifs is 5. The standard InChI is InChI=1S/C26H33ClF2O5/c1-5-6-21(33)34-26(20(32)13-28)14(2)11-17-15-7-8-16-22(29)18(30)9-10-23(16,3)25(15,27)19(31)12-24(17,26)4/h9-10,14-15,17,19,31H,5-8,11-13H2,1-4H3/t14?,15-,17-,19?,23-,24-,25-,26-/m0/s1. The summed E-state index contributed by atoms with van der Waals surface area (Å²) in [5.41, 5.74) is -3.57. The SMILES string of the molecule is CCCC(=O)O[C@]1(C(=O)CF)C(C)C[C@H]2[C@@H]3CCC4=C(F)C(=O)C=C[C@]4(C)[C@@]3(Cl)C(O)C[C@@]21C. The van der Waals surface area contributed by atoms with Crippen LogP contribution in [0.5, 0.6) is 0 Å². The quantitative estimate of drug-likeness (QED) is 0.435. The van der Waals surface area contributed by atoms with Gasteiger partial charge in [-0.05, 0) is 55.6 Å². The number of hydrogen-bond donors (Lipinski definition) is 1. The Labute approximate surface area is 203 Å². The largest absolute Gasteiger partial charge is 0.450 e. The Balaban J connectivity index is 1.85. The molecule has 4 aliphatic carbocycles. The topological polar surface area (TPSA) is 80.7 Å². The Morgan fingerprint density at radius 2 is 1.97 bits per heavy atom. The van der Waals surface area contributed by atoms with Crippen molar-refractivity contribution in [2.75, 3.05) is 6.67 Å². The van der Waals surface area contributed by atoms with Crippen molar-refractivity contribution in [3.05, 3.63) is 23.6 Å². The van der Waals surface area contributed by atoms with E-state index in [0.29, 0.717) is 24.8 Å². The molecule has 3 fully saturated rings. The van der Waals surface area contributed by atoms with Crippen molar-refractivity contribution < 1.29 is 33.0 Å². The van der Waals surface area contributed by atoms with Gasteiger partial charge in [0.1, 0.15) is 0 Å². The van der Waals surface area contributed by atoms with Gasteiger partial charge in [0, 0.05) is 23.2 Å². The number of rotatable bonds is 5. The van der Waals surface area contributed by atoms with Crippen LogP contribution in [0.1, 0.15) is 66.2 Å². The van der Waals surface area contributed by atoms with E-state index in [1.807, 2.05) is 6.92 Å². The lowest BCUT2D eigenvalue weighted by atomic mass is 9.45. The highest BCUT2D eigenvalue weighted by molar-refractivity contribution is 6.26. The molecule has 4 aliphatic rings. The summed E-state index contributed by atoms with van der Waals surface area (Å²) in [6.07, 6.45) is 3.30. The van der Waals surface area contributed by atoms with Gasteiger partial charge in [-0.1, -0.05) is 33.8 Å². The van der Waals surface area contributed by atoms with E-state index in [9.17, 15) is 28.3 Å². The Hall–Kier alpha value is -1.60. The van der Waals surface area contributed by atoms with Gasteiger partial charge >= 0.3 is 5.97 Å². The summed E-state index contributed by atoms with van der Waals surface area (Å²) in [7, 11) is 0. The Morgan fingerprint density at radius 3 is 2.59 bits per heavy atom. The third-order valence-electron chi connectivity index (χ3n) is 9.54. The number of carbonyl (C=O) groups excluding carboxylic acids is 3. The molecule has 0 heterocycles. The van der Waals surface area contributed by atoms with Crippen LogP contribution in [0.4, 0.5) is 8.78 Å². The maximum atomic E-state index is 14.9. The molecule has 0 radical (unpaired) electrons. The van der Waals surface area contributed by atoms with Crippen LogP contribution in [0.3, 0.4) is 0 Å². The molecule has 0 aromatic rings. The number of carbonyl (C=O) groups is 3. The van der Waals surface area contributed by atoms with E-state index in [0.717, 1.165) is 0 Å². The van der Waals surface area contributed by atoms with Crippen LogP contribution in [-0.4, -0.2) is 45.9 Å². The van der Waals surface area contributed by atoms with Gasteiger partial charge in [-0.2, -0.15) is 0 Å². The van der Waals surface area contributed by atoms with E-state index >= 15 is 0 Å². The van der Waals surface area contributed by atoms with Gasteiger partial charge in [-0.3, -0.25) is 14.4 Å². The highest BCUT2D eigenvalue weighted by Crippen LogP contribution is 2.72. The van der Waals surface area contributed by atoms with Crippen molar-refractivity contribution >= 4 is 29.1 Å². The molecular formula is C26H33ClF2O5. The highest BCUT2D eigenvalue weighted by atomic mass is 35.5. The molecule has 0 amide bonds. The van der Waals surface area contributed by atoms with Gasteiger partial charge in [-0.15, -0.1) is 11.6 Å². The number of aliphatic hydroxyl groups is 1. The summed E-state index contributed by atoms with van der Waals surface area (Å²) in [6, 6.07) is 0. The summed E-state index contributed by atoms with van der Waals surface area (Å²) < 4.78 is 34.8. The van der Waals surface area contributed by atoms with Gasteiger partial charge in [0.05, 0.1) is 11.0 Å². The van der Waals surface area contributed by atoms with Crippen molar-refractivity contribution in [2.24, 2.45) is 28.6 Å². The lowest BCUT2D eigenvalue weighted by Crippen LogP contribution is -2.69. The lowest BCUT2D eigenvalue weighted by Gasteiger charge is -2.64. The van der Waals surface area contributed by atoms with Crippen LogP contribution >= 0.6 is 11.6 Å². The molecule has 0 saturated heterocycles. The summed E-state index contributed by atoms with van der Waals surface area (Å²) >= 11 is 7.31. The Kier molecular flexibility index (Phi) is 6.17. The first-order chi connectivity index (χ1) is 15.8. The second-order valence-corrected chi connectivity index (χ2v) is 11.6. The van der Waals surface area contributed by atoms with E-state index in [1.165, 1.54) is 6.08 Å². The number of ketones is 2. The average Bonchev–Trinajstić information content (AvgIpc) is 2.99. The molecule has 8 atom stereocenters. The van der Waals surface area contributed by atoms with E-state index < -0.39 is 63.4 Å². The van der Waals surface area contributed by atoms with Gasteiger partial charge in [-0.25, -0.2) is 8.78 Å². The van der Waals surface area contributed by atoms with Crippen molar-refractivity contribution in [3.63, 3.8) is 0 Å². The summed E-state index contributed by atoms with van der Waals surface area (Å²) in [6.45, 7) is 5.86. The zero-order chi connectivity index (χ0) is 25.3.